The molecule has 14 heavy (non-hydrogen) atoms. The van der Waals surface area contributed by atoms with E-state index in [4.69, 9.17) is 15.3 Å². The van der Waals surface area contributed by atoms with E-state index >= 15 is 0 Å². The Hall–Kier alpha value is -1.26. The molecule has 0 amide bonds. The van der Waals surface area contributed by atoms with Crippen molar-refractivity contribution in [2.24, 2.45) is 5.84 Å². The Morgan fingerprint density at radius 1 is 1.36 bits per heavy atom. The Balaban J connectivity index is 2.33. The lowest BCUT2D eigenvalue weighted by molar-refractivity contribution is 0.395. The molecule has 4 heteroatoms. The van der Waals surface area contributed by atoms with Gasteiger partial charge in [-0.2, -0.15) is 0 Å². The van der Waals surface area contributed by atoms with Crippen LogP contribution >= 0.6 is 0 Å². The zero-order valence-electron chi connectivity index (χ0n) is 8.36. The minimum Gasteiger partial charge on any atom is -0.497 e. The van der Waals surface area contributed by atoms with Gasteiger partial charge < -0.3 is 9.47 Å². The molecule has 2 unspecified atom stereocenters. The van der Waals surface area contributed by atoms with Crippen LogP contribution in [0.5, 0.6) is 11.5 Å². The maximum Gasteiger partial charge on any atom is 0.124 e. The summed E-state index contributed by atoms with van der Waals surface area (Å²) in [6, 6.07) is 6.03. The quantitative estimate of drug-likeness (QED) is 0.574. The molecule has 0 aliphatic carbocycles. The molecule has 1 heterocycles. The molecule has 1 aliphatic heterocycles. The maximum atomic E-state index is 5.65. The van der Waals surface area contributed by atoms with Crippen molar-refractivity contribution in [2.75, 3.05) is 20.8 Å². The van der Waals surface area contributed by atoms with Crippen LogP contribution in [0.15, 0.2) is 18.2 Å². The summed E-state index contributed by atoms with van der Waals surface area (Å²) in [5.41, 5.74) is 1.09. The van der Waals surface area contributed by atoms with Crippen molar-refractivity contribution in [1.82, 2.24) is 5.01 Å². The second-order valence-corrected chi connectivity index (χ2v) is 3.32. The van der Waals surface area contributed by atoms with Crippen molar-refractivity contribution >= 4 is 0 Å². The van der Waals surface area contributed by atoms with Gasteiger partial charge in [0.15, 0.2) is 0 Å². The summed E-state index contributed by atoms with van der Waals surface area (Å²) >= 11 is 0. The van der Waals surface area contributed by atoms with Crippen LogP contribution < -0.4 is 15.3 Å². The van der Waals surface area contributed by atoms with E-state index in [2.05, 4.69) is 0 Å². The molecule has 2 atom stereocenters. The SMILES string of the molecule is COc1ccc(OC)c(C2CN2N)c1. The van der Waals surface area contributed by atoms with Gasteiger partial charge in [-0.3, -0.25) is 5.84 Å². The van der Waals surface area contributed by atoms with Crippen molar-refractivity contribution in [3.8, 4) is 11.5 Å². The molecule has 1 aromatic carbocycles. The van der Waals surface area contributed by atoms with E-state index < -0.39 is 0 Å². The summed E-state index contributed by atoms with van der Waals surface area (Å²) in [6.45, 7) is 0.878. The molecule has 0 aromatic heterocycles. The van der Waals surface area contributed by atoms with E-state index in [-0.39, 0.29) is 6.04 Å². The highest BCUT2D eigenvalue weighted by Crippen LogP contribution is 2.38. The van der Waals surface area contributed by atoms with Crippen molar-refractivity contribution in [3.05, 3.63) is 23.8 Å². The lowest BCUT2D eigenvalue weighted by atomic mass is 10.1. The molecule has 1 saturated heterocycles. The molecule has 1 aliphatic rings. The number of benzene rings is 1. The third-order valence-electron chi connectivity index (χ3n) is 2.45. The molecule has 1 fully saturated rings. The van der Waals surface area contributed by atoms with Crippen LogP contribution in [0.4, 0.5) is 0 Å². The Bertz CT molecular complexity index is 341. The standard InChI is InChI=1S/C10H14N2O2/c1-13-7-3-4-10(14-2)8(5-7)9-6-12(9)11/h3-5,9H,6,11H2,1-2H3. The van der Waals surface area contributed by atoms with Gasteiger partial charge >= 0.3 is 0 Å². The Labute approximate surface area is 83.2 Å². The van der Waals surface area contributed by atoms with Gasteiger partial charge in [-0.15, -0.1) is 0 Å². The Morgan fingerprint density at radius 3 is 2.57 bits per heavy atom. The summed E-state index contributed by atoms with van der Waals surface area (Å²) in [4.78, 5) is 0. The summed E-state index contributed by atoms with van der Waals surface area (Å²) in [5, 5.41) is 1.76. The molecule has 2 rings (SSSR count). The second kappa shape index (κ2) is 3.48. The smallest absolute Gasteiger partial charge is 0.124 e. The number of hydrogen-bond acceptors (Lipinski definition) is 4. The lowest BCUT2D eigenvalue weighted by Crippen LogP contribution is -2.06. The van der Waals surface area contributed by atoms with Crippen LogP contribution in [-0.4, -0.2) is 25.8 Å². The number of hydrazine groups is 1. The number of nitrogens with two attached hydrogens (primary N) is 1. The van der Waals surface area contributed by atoms with Crippen molar-refractivity contribution in [3.63, 3.8) is 0 Å². The predicted octanol–water partition coefficient (Wildman–Crippen LogP) is 0.934. The monoisotopic (exact) mass is 194 g/mol. The third-order valence-corrected chi connectivity index (χ3v) is 2.45. The zero-order valence-corrected chi connectivity index (χ0v) is 8.36. The van der Waals surface area contributed by atoms with Crippen LogP contribution in [0.1, 0.15) is 11.6 Å². The fourth-order valence-corrected chi connectivity index (χ4v) is 1.53. The van der Waals surface area contributed by atoms with Crippen molar-refractivity contribution in [1.29, 1.82) is 0 Å². The lowest BCUT2D eigenvalue weighted by Gasteiger charge is -2.09. The highest BCUT2D eigenvalue weighted by atomic mass is 16.5. The molecule has 0 spiro atoms. The largest absolute Gasteiger partial charge is 0.497 e. The topological polar surface area (TPSA) is 47.5 Å². The molecule has 2 N–H and O–H groups in total. The summed E-state index contributed by atoms with van der Waals surface area (Å²) in [7, 11) is 3.31. The van der Waals surface area contributed by atoms with E-state index in [1.54, 1.807) is 19.2 Å². The Kier molecular flexibility index (Phi) is 2.31. The first-order valence-corrected chi connectivity index (χ1v) is 4.49. The van der Waals surface area contributed by atoms with E-state index in [0.717, 1.165) is 23.6 Å². The molecule has 0 radical (unpaired) electrons. The van der Waals surface area contributed by atoms with Gasteiger partial charge in [0.05, 0.1) is 20.3 Å². The van der Waals surface area contributed by atoms with Gasteiger partial charge in [0.25, 0.3) is 0 Å². The first-order valence-electron chi connectivity index (χ1n) is 4.49. The average molecular weight is 194 g/mol. The van der Waals surface area contributed by atoms with Crippen LogP contribution in [0.25, 0.3) is 0 Å². The molecule has 76 valence electrons. The highest BCUT2D eigenvalue weighted by molar-refractivity contribution is 5.44. The summed E-state index contributed by atoms with van der Waals surface area (Å²) in [5.74, 6) is 7.35. The summed E-state index contributed by atoms with van der Waals surface area (Å²) < 4.78 is 10.4. The first kappa shape index (κ1) is 9.30. The molecule has 0 saturated carbocycles. The van der Waals surface area contributed by atoms with Gasteiger partial charge in [0, 0.05) is 12.1 Å². The number of ether oxygens (including phenoxy) is 2. The zero-order chi connectivity index (χ0) is 10.1. The van der Waals surface area contributed by atoms with Gasteiger partial charge in [-0.05, 0) is 18.2 Å². The fraction of sp³-hybridized carbons (Fsp3) is 0.400. The number of hydrogen-bond donors (Lipinski definition) is 1. The maximum absolute atomic E-state index is 5.65. The molecule has 0 bridgehead atoms. The number of nitrogens with zero attached hydrogens (tertiary/aromatic N) is 1. The number of rotatable bonds is 3. The van der Waals surface area contributed by atoms with Gasteiger partial charge in [-0.25, -0.2) is 5.01 Å². The van der Waals surface area contributed by atoms with E-state index in [9.17, 15) is 0 Å². The minimum atomic E-state index is 0.278. The normalized spacial score (nSPS) is 24.5. The van der Waals surface area contributed by atoms with Crippen LogP contribution in [0, 0.1) is 0 Å². The molecular weight excluding hydrogens is 180 g/mol. The van der Waals surface area contributed by atoms with Crippen molar-refractivity contribution < 1.29 is 9.47 Å². The summed E-state index contributed by atoms with van der Waals surface area (Å²) in [6.07, 6.45) is 0. The van der Waals surface area contributed by atoms with E-state index in [1.807, 2.05) is 18.2 Å². The predicted molar refractivity (Wildman–Crippen MR) is 53.2 cm³/mol. The van der Waals surface area contributed by atoms with Gasteiger partial charge in [-0.1, -0.05) is 0 Å². The second-order valence-electron chi connectivity index (χ2n) is 3.32. The number of methoxy groups -OCH3 is 2. The van der Waals surface area contributed by atoms with E-state index in [1.165, 1.54) is 0 Å². The minimum absolute atomic E-state index is 0.278. The van der Waals surface area contributed by atoms with Crippen LogP contribution in [0.3, 0.4) is 0 Å². The van der Waals surface area contributed by atoms with E-state index in [0.29, 0.717) is 0 Å². The third kappa shape index (κ3) is 1.54. The average Bonchev–Trinajstić information content (AvgIpc) is 2.94. The first-order chi connectivity index (χ1) is 6.76. The van der Waals surface area contributed by atoms with Crippen molar-refractivity contribution in [2.45, 2.75) is 6.04 Å². The molecule has 4 nitrogen and oxygen atoms in total. The Morgan fingerprint density at radius 2 is 2.07 bits per heavy atom. The highest BCUT2D eigenvalue weighted by Gasteiger charge is 2.35. The van der Waals surface area contributed by atoms with Crippen LogP contribution in [0.2, 0.25) is 0 Å². The van der Waals surface area contributed by atoms with Crippen LogP contribution in [-0.2, 0) is 0 Å². The fourth-order valence-electron chi connectivity index (χ4n) is 1.53. The van der Waals surface area contributed by atoms with Gasteiger partial charge in [0.1, 0.15) is 11.5 Å². The molecular formula is C10H14N2O2. The molecule has 1 aromatic rings. The van der Waals surface area contributed by atoms with Gasteiger partial charge in [0.2, 0.25) is 0 Å².